The van der Waals surface area contributed by atoms with Crippen LogP contribution in [-0.2, 0) is 6.42 Å². The molecule has 104 valence electrons. The molecule has 2 unspecified atom stereocenters. The van der Waals surface area contributed by atoms with Gasteiger partial charge in [-0.2, -0.15) is 0 Å². The molecule has 0 N–H and O–H groups in total. The number of methoxy groups -OCH3 is 1. The van der Waals surface area contributed by atoms with Crippen LogP contribution in [0.2, 0.25) is 0 Å². The Morgan fingerprint density at radius 2 is 1.90 bits per heavy atom. The van der Waals surface area contributed by atoms with Crippen LogP contribution >= 0.6 is 15.9 Å². The van der Waals surface area contributed by atoms with Gasteiger partial charge < -0.3 is 4.74 Å². The van der Waals surface area contributed by atoms with Crippen molar-refractivity contribution < 1.29 is 4.74 Å². The zero-order valence-electron chi connectivity index (χ0n) is 11.7. The molecule has 0 aliphatic heterocycles. The second kappa shape index (κ2) is 6.01. The standard InChI is InChI=1S/C18H19BrO/c1-20-18-10-8-16(19)12-15(18)11-14-7-9-17(14)13-5-3-2-4-6-13/h2-6,8,10,12,14,17H,7,9,11H2,1H3. The number of hydrogen-bond acceptors (Lipinski definition) is 1. The third kappa shape index (κ3) is 2.76. The van der Waals surface area contributed by atoms with Gasteiger partial charge in [-0.25, -0.2) is 0 Å². The van der Waals surface area contributed by atoms with Crippen LogP contribution in [0.4, 0.5) is 0 Å². The summed E-state index contributed by atoms with van der Waals surface area (Å²) in [5.41, 5.74) is 2.80. The van der Waals surface area contributed by atoms with E-state index in [0.29, 0.717) is 5.92 Å². The Hall–Kier alpha value is -1.28. The third-order valence-corrected chi connectivity index (χ3v) is 4.86. The average molecular weight is 331 g/mol. The first-order valence-corrected chi connectivity index (χ1v) is 7.94. The number of ether oxygens (including phenoxy) is 1. The molecule has 0 saturated heterocycles. The molecule has 2 aromatic carbocycles. The minimum absolute atomic E-state index is 0.708. The van der Waals surface area contributed by atoms with E-state index < -0.39 is 0 Å². The molecule has 0 bridgehead atoms. The van der Waals surface area contributed by atoms with Gasteiger partial charge in [0.05, 0.1) is 7.11 Å². The van der Waals surface area contributed by atoms with E-state index in [1.165, 1.54) is 24.0 Å². The highest BCUT2D eigenvalue weighted by molar-refractivity contribution is 9.10. The summed E-state index contributed by atoms with van der Waals surface area (Å²) in [6, 6.07) is 17.2. The largest absolute Gasteiger partial charge is 0.496 e. The molecule has 1 nitrogen and oxygen atoms in total. The monoisotopic (exact) mass is 330 g/mol. The lowest BCUT2D eigenvalue weighted by Crippen LogP contribution is -2.25. The molecular formula is C18H19BrO. The predicted molar refractivity (Wildman–Crippen MR) is 86.3 cm³/mol. The molecule has 1 fully saturated rings. The summed E-state index contributed by atoms with van der Waals surface area (Å²) in [7, 11) is 1.75. The lowest BCUT2D eigenvalue weighted by molar-refractivity contribution is 0.251. The van der Waals surface area contributed by atoms with Gasteiger partial charge >= 0.3 is 0 Å². The van der Waals surface area contributed by atoms with Gasteiger partial charge in [-0.05, 0) is 60.4 Å². The fourth-order valence-electron chi connectivity index (χ4n) is 3.14. The summed E-state index contributed by atoms with van der Waals surface area (Å²) in [5.74, 6) is 2.45. The highest BCUT2D eigenvalue weighted by atomic mass is 79.9. The van der Waals surface area contributed by atoms with Gasteiger partial charge in [0.2, 0.25) is 0 Å². The van der Waals surface area contributed by atoms with Crippen molar-refractivity contribution in [3.63, 3.8) is 0 Å². The molecule has 1 aliphatic carbocycles. The summed E-state index contributed by atoms with van der Waals surface area (Å²) in [4.78, 5) is 0. The Labute approximate surface area is 129 Å². The van der Waals surface area contributed by atoms with Crippen molar-refractivity contribution in [2.75, 3.05) is 7.11 Å². The van der Waals surface area contributed by atoms with Crippen molar-refractivity contribution in [1.29, 1.82) is 0 Å². The van der Waals surface area contributed by atoms with Crippen LogP contribution < -0.4 is 4.74 Å². The topological polar surface area (TPSA) is 9.23 Å². The van der Waals surface area contributed by atoms with E-state index in [1.54, 1.807) is 7.11 Å². The molecule has 1 saturated carbocycles. The van der Waals surface area contributed by atoms with E-state index in [1.807, 2.05) is 6.07 Å². The van der Waals surface area contributed by atoms with Gasteiger partial charge in [-0.3, -0.25) is 0 Å². The van der Waals surface area contributed by atoms with Crippen molar-refractivity contribution in [3.8, 4) is 5.75 Å². The molecule has 20 heavy (non-hydrogen) atoms. The van der Waals surface area contributed by atoms with Crippen LogP contribution in [0.25, 0.3) is 0 Å². The highest BCUT2D eigenvalue weighted by Crippen LogP contribution is 2.45. The lowest BCUT2D eigenvalue weighted by atomic mass is 9.67. The minimum Gasteiger partial charge on any atom is -0.496 e. The number of halogens is 1. The average Bonchev–Trinajstić information content (AvgIpc) is 2.45. The third-order valence-electron chi connectivity index (χ3n) is 4.37. The maximum atomic E-state index is 5.49. The maximum absolute atomic E-state index is 5.49. The zero-order chi connectivity index (χ0) is 13.9. The van der Waals surface area contributed by atoms with Crippen LogP contribution in [0.1, 0.15) is 29.9 Å². The van der Waals surface area contributed by atoms with Crippen LogP contribution in [0.3, 0.4) is 0 Å². The van der Waals surface area contributed by atoms with Gasteiger partial charge in [0.15, 0.2) is 0 Å². The van der Waals surface area contributed by atoms with Crippen LogP contribution in [-0.4, -0.2) is 7.11 Å². The second-order valence-corrected chi connectivity index (χ2v) is 6.43. The van der Waals surface area contributed by atoms with Gasteiger partial charge in [-0.1, -0.05) is 46.3 Å². The normalized spacial score (nSPS) is 21.3. The van der Waals surface area contributed by atoms with Gasteiger partial charge in [-0.15, -0.1) is 0 Å². The fourth-order valence-corrected chi connectivity index (χ4v) is 3.55. The Morgan fingerprint density at radius 1 is 1.10 bits per heavy atom. The first-order chi connectivity index (χ1) is 9.78. The van der Waals surface area contributed by atoms with E-state index in [2.05, 4.69) is 58.4 Å². The van der Waals surface area contributed by atoms with E-state index in [4.69, 9.17) is 4.74 Å². The van der Waals surface area contributed by atoms with Crippen LogP contribution in [0, 0.1) is 5.92 Å². The second-order valence-electron chi connectivity index (χ2n) is 5.51. The van der Waals surface area contributed by atoms with Crippen molar-refractivity contribution in [1.82, 2.24) is 0 Å². The molecule has 0 radical (unpaired) electrons. The Balaban J connectivity index is 1.77. The smallest absolute Gasteiger partial charge is 0.122 e. The first kappa shape index (κ1) is 13.7. The Bertz CT molecular complexity index is 579. The SMILES string of the molecule is COc1ccc(Br)cc1CC1CCC1c1ccccc1. The summed E-state index contributed by atoms with van der Waals surface area (Å²) in [6.07, 6.45) is 3.72. The quantitative estimate of drug-likeness (QED) is 0.749. The van der Waals surface area contributed by atoms with Gasteiger partial charge in [0.25, 0.3) is 0 Å². The molecule has 2 aromatic rings. The van der Waals surface area contributed by atoms with Crippen LogP contribution in [0.15, 0.2) is 53.0 Å². The molecule has 2 heteroatoms. The fraction of sp³-hybridized carbons (Fsp3) is 0.333. The number of benzene rings is 2. The molecule has 1 aliphatic rings. The van der Waals surface area contributed by atoms with Crippen molar-refractivity contribution >= 4 is 15.9 Å². The molecule has 2 atom stereocenters. The van der Waals surface area contributed by atoms with Crippen molar-refractivity contribution in [2.24, 2.45) is 5.92 Å². The Morgan fingerprint density at radius 3 is 2.55 bits per heavy atom. The minimum atomic E-state index is 0.708. The molecule has 0 heterocycles. The molecule has 0 aromatic heterocycles. The summed E-state index contributed by atoms with van der Waals surface area (Å²) >= 11 is 3.56. The molecule has 3 rings (SSSR count). The highest BCUT2D eigenvalue weighted by Gasteiger charge is 2.32. The van der Waals surface area contributed by atoms with Crippen molar-refractivity contribution in [2.45, 2.75) is 25.2 Å². The summed E-state index contributed by atoms with van der Waals surface area (Å²) in [5, 5.41) is 0. The summed E-state index contributed by atoms with van der Waals surface area (Å²) in [6.45, 7) is 0. The zero-order valence-corrected chi connectivity index (χ0v) is 13.3. The lowest BCUT2D eigenvalue weighted by Gasteiger charge is -2.37. The van der Waals surface area contributed by atoms with Gasteiger partial charge in [0.1, 0.15) is 5.75 Å². The molecular weight excluding hydrogens is 312 g/mol. The van der Waals surface area contributed by atoms with Gasteiger partial charge in [0, 0.05) is 4.47 Å². The van der Waals surface area contributed by atoms with E-state index >= 15 is 0 Å². The molecule has 0 spiro atoms. The van der Waals surface area contributed by atoms with Crippen LogP contribution in [0.5, 0.6) is 5.75 Å². The van der Waals surface area contributed by atoms with Crippen molar-refractivity contribution in [3.05, 3.63) is 64.1 Å². The predicted octanol–water partition coefficient (Wildman–Crippen LogP) is 5.19. The maximum Gasteiger partial charge on any atom is 0.122 e. The summed E-state index contributed by atoms with van der Waals surface area (Å²) < 4.78 is 6.62. The Kier molecular flexibility index (Phi) is 4.11. The van der Waals surface area contributed by atoms with E-state index in [9.17, 15) is 0 Å². The van der Waals surface area contributed by atoms with E-state index in [-0.39, 0.29) is 0 Å². The first-order valence-electron chi connectivity index (χ1n) is 7.15. The number of hydrogen-bond donors (Lipinski definition) is 0. The number of rotatable bonds is 4. The molecule has 0 amide bonds. The van der Waals surface area contributed by atoms with E-state index in [0.717, 1.165) is 22.6 Å².